The van der Waals surface area contributed by atoms with Crippen molar-refractivity contribution in [3.63, 3.8) is 0 Å². The maximum Gasteiger partial charge on any atom is 0.326 e. The molecule has 3 aromatic rings. The smallest absolute Gasteiger partial charge is 0.326 e. The molecule has 0 amide bonds. The van der Waals surface area contributed by atoms with Gasteiger partial charge in [0.1, 0.15) is 13.2 Å². The Morgan fingerprint density at radius 2 is 1.70 bits per heavy atom. The van der Waals surface area contributed by atoms with E-state index in [-0.39, 0.29) is 29.7 Å². The number of carbonyl (C=O) groups is 1. The Morgan fingerprint density at radius 3 is 2.33 bits per heavy atom. The summed E-state index contributed by atoms with van der Waals surface area (Å²) in [7, 11) is 0. The molecule has 30 heavy (non-hydrogen) atoms. The number of rotatable bonds is 9. The molecule has 0 atom stereocenters. The van der Waals surface area contributed by atoms with Crippen molar-refractivity contribution < 1.29 is 9.53 Å². The molecule has 0 bridgehead atoms. The van der Waals surface area contributed by atoms with Gasteiger partial charge in [-0.05, 0) is 24.0 Å². The van der Waals surface area contributed by atoms with Crippen molar-refractivity contribution in [3.05, 3.63) is 93.0 Å². The zero-order chi connectivity index (χ0) is 21.3. The monoisotopic (exact) mass is 425 g/mol. The number of hydrogen-bond donors (Lipinski definition) is 1. The van der Waals surface area contributed by atoms with Crippen LogP contribution in [0.2, 0.25) is 5.15 Å². The van der Waals surface area contributed by atoms with Crippen molar-refractivity contribution >= 4 is 23.4 Å². The first-order valence-electron chi connectivity index (χ1n) is 9.85. The van der Waals surface area contributed by atoms with E-state index in [2.05, 4.69) is 10.3 Å². The van der Waals surface area contributed by atoms with Gasteiger partial charge in [-0.25, -0.2) is 4.98 Å². The second-order valence-corrected chi connectivity index (χ2v) is 7.11. The standard InChI is InChI=1S/C23H24ClN3O3/c1-2-19-21(24)26-22(25-14-13-17-9-5-3-6-10-17)23(29)27(19)15-20(28)30-16-18-11-7-4-8-12-18/h3-12H,2,13-16H2,1H3,(H,25,26). The van der Waals surface area contributed by atoms with Crippen LogP contribution in [-0.2, 0) is 35.5 Å². The van der Waals surface area contributed by atoms with E-state index in [1.54, 1.807) is 0 Å². The number of halogens is 1. The molecule has 0 aliphatic rings. The van der Waals surface area contributed by atoms with Crippen molar-refractivity contribution in [2.45, 2.75) is 32.9 Å². The lowest BCUT2D eigenvalue weighted by Gasteiger charge is -2.15. The van der Waals surface area contributed by atoms with Gasteiger partial charge in [-0.3, -0.25) is 14.2 Å². The molecule has 0 fully saturated rings. The number of hydrogen-bond acceptors (Lipinski definition) is 5. The summed E-state index contributed by atoms with van der Waals surface area (Å²) >= 11 is 6.30. The van der Waals surface area contributed by atoms with Crippen LogP contribution in [0.4, 0.5) is 5.82 Å². The summed E-state index contributed by atoms with van der Waals surface area (Å²) in [5, 5.41) is 3.25. The highest BCUT2D eigenvalue weighted by Crippen LogP contribution is 2.15. The molecule has 1 heterocycles. The Balaban J connectivity index is 1.70. The Hall–Kier alpha value is -3.12. The minimum absolute atomic E-state index is 0.129. The summed E-state index contributed by atoms with van der Waals surface area (Å²) in [6, 6.07) is 19.3. The van der Waals surface area contributed by atoms with Gasteiger partial charge in [0.25, 0.3) is 5.56 Å². The van der Waals surface area contributed by atoms with Crippen LogP contribution in [0.25, 0.3) is 0 Å². The van der Waals surface area contributed by atoms with Gasteiger partial charge in [-0.1, -0.05) is 79.2 Å². The number of nitrogens with one attached hydrogen (secondary N) is 1. The molecule has 0 aliphatic heterocycles. The molecule has 0 unspecified atom stereocenters. The molecule has 2 aromatic carbocycles. The third kappa shape index (κ3) is 5.70. The predicted octanol–water partition coefficient (Wildman–Crippen LogP) is 3.86. The predicted molar refractivity (Wildman–Crippen MR) is 118 cm³/mol. The first kappa shape index (κ1) is 21.6. The van der Waals surface area contributed by atoms with Gasteiger partial charge in [-0.15, -0.1) is 0 Å². The molecule has 7 heteroatoms. The molecular formula is C23H24ClN3O3. The van der Waals surface area contributed by atoms with Gasteiger partial charge < -0.3 is 10.1 Å². The van der Waals surface area contributed by atoms with E-state index in [0.717, 1.165) is 17.5 Å². The highest BCUT2D eigenvalue weighted by Gasteiger charge is 2.17. The van der Waals surface area contributed by atoms with Crippen LogP contribution in [0.5, 0.6) is 0 Å². The minimum atomic E-state index is -0.506. The van der Waals surface area contributed by atoms with Gasteiger partial charge in [0, 0.05) is 6.54 Å². The maximum atomic E-state index is 12.9. The minimum Gasteiger partial charge on any atom is -0.459 e. The first-order chi connectivity index (χ1) is 14.6. The van der Waals surface area contributed by atoms with E-state index < -0.39 is 5.97 Å². The van der Waals surface area contributed by atoms with E-state index in [1.165, 1.54) is 4.57 Å². The molecule has 1 aromatic heterocycles. The van der Waals surface area contributed by atoms with Crippen molar-refractivity contribution in [2.24, 2.45) is 0 Å². The molecule has 0 spiro atoms. The van der Waals surface area contributed by atoms with E-state index >= 15 is 0 Å². The number of nitrogens with zero attached hydrogens (tertiary/aromatic N) is 2. The topological polar surface area (TPSA) is 73.2 Å². The number of benzene rings is 2. The molecule has 156 valence electrons. The van der Waals surface area contributed by atoms with Crippen LogP contribution in [-0.4, -0.2) is 22.1 Å². The number of aromatic nitrogens is 2. The largest absolute Gasteiger partial charge is 0.459 e. The van der Waals surface area contributed by atoms with Crippen LogP contribution >= 0.6 is 11.6 Å². The summed E-state index contributed by atoms with van der Waals surface area (Å²) < 4.78 is 6.66. The second-order valence-electron chi connectivity index (χ2n) is 6.75. The lowest BCUT2D eigenvalue weighted by Crippen LogP contribution is -2.31. The third-order valence-corrected chi connectivity index (χ3v) is 4.94. The molecule has 0 saturated heterocycles. The van der Waals surface area contributed by atoms with Crippen LogP contribution in [0.1, 0.15) is 23.7 Å². The molecule has 0 radical (unpaired) electrons. The zero-order valence-electron chi connectivity index (χ0n) is 16.8. The average molecular weight is 426 g/mol. The fourth-order valence-electron chi connectivity index (χ4n) is 3.07. The Bertz CT molecular complexity index is 1040. The number of anilines is 1. The molecule has 1 N–H and O–H groups in total. The van der Waals surface area contributed by atoms with Gasteiger partial charge in [0.15, 0.2) is 11.0 Å². The normalized spacial score (nSPS) is 10.6. The Morgan fingerprint density at radius 1 is 1.07 bits per heavy atom. The van der Waals surface area contributed by atoms with E-state index in [4.69, 9.17) is 16.3 Å². The zero-order valence-corrected chi connectivity index (χ0v) is 17.6. The Labute approximate surface area is 180 Å². The molecule has 3 rings (SSSR count). The second kappa shape index (κ2) is 10.6. The summed E-state index contributed by atoms with van der Waals surface area (Å²) in [6.45, 7) is 2.31. The van der Waals surface area contributed by atoms with Crippen molar-refractivity contribution in [2.75, 3.05) is 11.9 Å². The van der Waals surface area contributed by atoms with Crippen LogP contribution < -0.4 is 10.9 Å². The van der Waals surface area contributed by atoms with Crippen molar-refractivity contribution in [1.82, 2.24) is 9.55 Å². The molecule has 6 nitrogen and oxygen atoms in total. The SMILES string of the molecule is CCc1c(Cl)nc(NCCc2ccccc2)c(=O)n1CC(=O)OCc1ccccc1. The molecular weight excluding hydrogens is 402 g/mol. The lowest BCUT2D eigenvalue weighted by atomic mass is 10.1. The lowest BCUT2D eigenvalue weighted by molar-refractivity contribution is -0.145. The van der Waals surface area contributed by atoms with Gasteiger partial charge >= 0.3 is 5.97 Å². The van der Waals surface area contributed by atoms with E-state index in [1.807, 2.05) is 67.6 Å². The molecule has 0 aliphatic carbocycles. The van der Waals surface area contributed by atoms with E-state index in [9.17, 15) is 9.59 Å². The summed E-state index contributed by atoms with van der Waals surface area (Å²) in [4.78, 5) is 29.5. The molecule has 0 saturated carbocycles. The maximum absolute atomic E-state index is 12.9. The van der Waals surface area contributed by atoms with Gasteiger partial charge in [0.05, 0.1) is 5.69 Å². The van der Waals surface area contributed by atoms with Crippen LogP contribution in [0.3, 0.4) is 0 Å². The fourth-order valence-corrected chi connectivity index (χ4v) is 3.39. The van der Waals surface area contributed by atoms with Gasteiger partial charge in [-0.2, -0.15) is 0 Å². The number of esters is 1. The fraction of sp³-hybridized carbons (Fsp3) is 0.261. The quantitative estimate of drug-likeness (QED) is 0.527. The summed E-state index contributed by atoms with van der Waals surface area (Å²) in [6.07, 6.45) is 1.20. The first-order valence-corrected chi connectivity index (χ1v) is 10.2. The Kier molecular flexibility index (Phi) is 7.63. The van der Waals surface area contributed by atoms with Crippen LogP contribution in [0.15, 0.2) is 65.5 Å². The van der Waals surface area contributed by atoms with E-state index in [0.29, 0.717) is 18.7 Å². The third-order valence-electron chi connectivity index (χ3n) is 4.64. The van der Waals surface area contributed by atoms with Gasteiger partial charge in [0.2, 0.25) is 0 Å². The summed E-state index contributed by atoms with van der Waals surface area (Å²) in [5.41, 5.74) is 2.14. The average Bonchev–Trinajstić information content (AvgIpc) is 2.77. The van der Waals surface area contributed by atoms with Crippen LogP contribution in [0, 0.1) is 0 Å². The highest BCUT2D eigenvalue weighted by atomic mass is 35.5. The number of ether oxygens (including phenoxy) is 1. The summed E-state index contributed by atoms with van der Waals surface area (Å²) in [5.74, 6) is -0.378. The van der Waals surface area contributed by atoms with Crippen molar-refractivity contribution in [1.29, 1.82) is 0 Å². The van der Waals surface area contributed by atoms with Crippen molar-refractivity contribution in [3.8, 4) is 0 Å². The number of carbonyl (C=O) groups excluding carboxylic acids is 1. The highest BCUT2D eigenvalue weighted by molar-refractivity contribution is 6.30.